The molecule has 3 rings (SSSR count). The SMILES string of the molecule is CC1CCCC(C)N1CC#CCC(c1ccccc1)c1ccccc1. The van der Waals surface area contributed by atoms with Gasteiger partial charge >= 0.3 is 0 Å². The molecule has 130 valence electrons. The van der Waals surface area contributed by atoms with Crippen molar-refractivity contribution in [2.75, 3.05) is 6.54 Å². The van der Waals surface area contributed by atoms with Gasteiger partial charge in [0, 0.05) is 24.4 Å². The Balaban J connectivity index is 1.70. The quantitative estimate of drug-likeness (QED) is 0.671. The second-order valence-corrected chi connectivity index (χ2v) is 7.23. The Morgan fingerprint density at radius 3 is 1.88 bits per heavy atom. The summed E-state index contributed by atoms with van der Waals surface area (Å²) in [5.41, 5.74) is 2.70. The monoisotopic (exact) mass is 331 g/mol. The third kappa shape index (κ3) is 4.74. The lowest BCUT2D eigenvalue weighted by molar-refractivity contribution is 0.121. The number of rotatable bonds is 4. The number of benzene rings is 2. The van der Waals surface area contributed by atoms with E-state index in [1.807, 2.05) is 0 Å². The molecule has 1 heteroatoms. The summed E-state index contributed by atoms with van der Waals surface area (Å²) in [7, 11) is 0. The molecule has 2 unspecified atom stereocenters. The first-order valence-corrected chi connectivity index (χ1v) is 9.57. The van der Waals surface area contributed by atoms with Crippen LogP contribution in [0.2, 0.25) is 0 Å². The predicted octanol–water partition coefficient (Wildman–Crippen LogP) is 5.47. The van der Waals surface area contributed by atoms with Crippen molar-refractivity contribution >= 4 is 0 Å². The smallest absolute Gasteiger partial charge is 0.0606 e. The highest BCUT2D eigenvalue weighted by atomic mass is 15.2. The molecule has 2 aromatic carbocycles. The minimum Gasteiger partial charge on any atom is -0.287 e. The van der Waals surface area contributed by atoms with Crippen LogP contribution < -0.4 is 0 Å². The van der Waals surface area contributed by atoms with Gasteiger partial charge in [-0.1, -0.05) is 73.0 Å². The maximum atomic E-state index is 3.48. The molecule has 25 heavy (non-hydrogen) atoms. The van der Waals surface area contributed by atoms with Gasteiger partial charge in [-0.25, -0.2) is 0 Å². The molecule has 0 N–H and O–H groups in total. The Morgan fingerprint density at radius 1 is 0.840 bits per heavy atom. The zero-order chi connectivity index (χ0) is 17.5. The van der Waals surface area contributed by atoms with Gasteiger partial charge in [-0.2, -0.15) is 0 Å². The summed E-state index contributed by atoms with van der Waals surface area (Å²) in [6.07, 6.45) is 4.85. The van der Waals surface area contributed by atoms with Crippen LogP contribution in [-0.4, -0.2) is 23.5 Å². The fraction of sp³-hybridized carbons (Fsp3) is 0.417. The standard InChI is InChI=1S/C24H29N/c1-20-12-11-13-21(2)25(20)19-10-9-18-24(22-14-5-3-6-15-22)23-16-7-4-8-17-23/h3-8,14-17,20-21,24H,11-13,18-19H2,1-2H3. The van der Waals surface area contributed by atoms with E-state index >= 15 is 0 Å². The first-order chi connectivity index (χ1) is 12.3. The third-order valence-corrected chi connectivity index (χ3v) is 5.47. The van der Waals surface area contributed by atoms with Gasteiger partial charge in [0.15, 0.2) is 0 Å². The predicted molar refractivity (Wildman–Crippen MR) is 107 cm³/mol. The summed E-state index contributed by atoms with van der Waals surface area (Å²) in [5, 5.41) is 0. The molecule has 2 atom stereocenters. The van der Waals surface area contributed by atoms with E-state index in [4.69, 9.17) is 0 Å². The molecule has 1 nitrogen and oxygen atoms in total. The highest BCUT2D eigenvalue weighted by Crippen LogP contribution is 2.27. The first kappa shape index (κ1) is 17.8. The van der Waals surface area contributed by atoms with Crippen molar-refractivity contribution in [3.8, 4) is 11.8 Å². The Kier molecular flexibility index (Phi) is 6.31. The van der Waals surface area contributed by atoms with Crippen LogP contribution in [-0.2, 0) is 0 Å². The lowest BCUT2D eigenvalue weighted by Gasteiger charge is -2.37. The van der Waals surface area contributed by atoms with E-state index in [0.29, 0.717) is 18.0 Å². The highest BCUT2D eigenvalue weighted by molar-refractivity contribution is 5.34. The van der Waals surface area contributed by atoms with E-state index in [1.165, 1.54) is 30.4 Å². The zero-order valence-electron chi connectivity index (χ0n) is 15.5. The zero-order valence-corrected chi connectivity index (χ0v) is 15.5. The van der Waals surface area contributed by atoms with E-state index < -0.39 is 0 Å². The van der Waals surface area contributed by atoms with Crippen LogP contribution in [0.1, 0.15) is 56.6 Å². The van der Waals surface area contributed by atoms with Crippen molar-refractivity contribution < 1.29 is 0 Å². The Hall–Kier alpha value is -2.04. The maximum absolute atomic E-state index is 3.48. The molecule has 0 spiro atoms. The number of hydrogen-bond donors (Lipinski definition) is 0. The molecular formula is C24H29N. The fourth-order valence-electron chi connectivity index (χ4n) is 3.91. The van der Waals surface area contributed by atoms with Crippen LogP contribution in [0.15, 0.2) is 60.7 Å². The molecule has 0 bridgehead atoms. The summed E-state index contributed by atoms with van der Waals surface area (Å²) >= 11 is 0. The van der Waals surface area contributed by atoms with Gasteiger partial charge < -0.3 is 0 Å². The van der Waals surface area contributed by atoms with E-state index in [9.17, 15) is 0 Å². The Bertz CT molecular complexity index is 646. The van der Waals surface area contributed by atoms with E-state index in [-0.39, 0.29) is 0 Å². The topological polar surface area (TPSA) is 3.24 Å². The first-order valence-electron chi connectivity index (χ1n) is 9.57. The van der Waals surface area contributed by atoms with Crippen molar-refractivity contribution in [3.63, 3.8) is 0 Å². The molecular weight excluding hydrogens is 302 g/mol. The average molecular weight is 332 g/mol. The van der Waals surface area contributed by atoms with Crippen LogP contribution in [0.3, 0.4) is 0 Å². The maximum Gasteiger partial charge on any atom is 0.0606 e. The second kappa shape index (κ2) is 8.88. The lowest BCUT2D eigenvalue weighted by atomic mass is 9.89. The average Bonchev–Trinajstić information content (AvgIpc) is 2.65. The molecule has 0 aromatic heterocycles. The van der Waals surface area contributed by atoms with Gasteiger partial charge in [-0.05, 0) is 37.8 Å². The molecule has 0 saturated carbocycles. The molecule has 0 amide bonds. The molecule has 1 saturated heterocycles. The van der Waals surface area contributed by atoms with Gasteiger partial charge in [0.2, 0.25) is 0 Å². The van der Waals surface area contributed by atoms with E-state index in [2.05, 4.69) is 91.3 Å². The number of piperidine rings is 1. The highest BCUT2D eigenvalue weighted by Gasteiger charge is 2.23. The number of nitrogens with zero attached hydrogens (tertiary/aromatic N) is 1. The van der Waals surface area contributed by atoms with E-state index in [1.54, 1.807) is 0 Å². The van der Waals surface area contributed by atoms with Crippen molar-refractivity contribution in [2.45, 2.75) is 57.5 Å². The summed E-state index contributed by atoms with van der Waals surface area (Å²) < 4.78 is 0. The van der Waals surface area contributed by atoms with E-state index in [0.717, 1.165) is 13.0 Å². The van der Waals surface area contributed by atoms with Crippen LogP contribution in [0.4, 0.5) is 0 Å². The van der Waals surface area contributed by atoms with Gasteiger partial charge in [0.05, 0.1) is 6.54 Å². The fourth-order valence-corrected chi connectivity index (χ4v) is 3.91. The molecule has 0 radical (unpaired) electrons. The lowest BCUT2D eigenvalue weighted by Crippen LogP contribution is -2.43. The Morgan fingerprint density at radius 2 is 1.36 bits per heavy atom. The van der Waals surface area contributed by atoms with Gasteiger partial charge in [-0.15, -0.1) is 5.92 Å². The van der Waals surface area contributed by atoms with Crippen LogP contribution in [0, 0.1) is 11.8 Å². The summed E-state index contributed by atoms with van der Waals surface area (Å²) in [5.74, 6) is 7.29. The summed E-state index contributed by atoms with van der Waals surface area (Å²) in [4.78, 5) is 2.57. The summed E-state index contributed by atoms with van der Waals surface area (Å²) in [6.45, 7) is 5.58. The van der Waals surface area contributed by atoms with Gasteiger partial charge in [-0.3, -0.25) is 4.90 Å². The molecule has 1 aliphatic rings. The largest absolute Gasteiger partial charge is 0.287 e. The minimum absolute atomic E-state index is 0.353. The van der Waals surface area contributed by atoms with Crippen molar-refractivity contribution in [1.82, 2.24) is 4.90 Å². The molecule has 0 aliphatic carbocycles. The van der Waals surface area contributed by atoms with Gasteiger partial charge in [0.1, 0.15) is 0 Å². The van der Waals surface area contributed by atoms with Crippen molar-refractivity contribution in [2.24, 2.45) is 0 Å². The Labute approximate surface area is 153 Å². The molecule has 2 aromatic rings. The van der Waals surface area contributed by atoms with Gasteiger partial charge in [0.25, 0.3) is 0 Å². The van der Waals surface area contributed by atoms with Crippen LogP contribution in [0.25, 0.3) is 0 Å². The summed E-state index contributed by atoms with van der Waals surface area (Å²) in [6, 6.07) is 22.8. The molecule has 1 fully saturated rings. The molecule has 1 aliphatic heterocycles. The normalized spacial score (nSPS) is 20.9. The molecule has 1 heterocycles. The second-order valence-electron chi connectivity index (χ2n) is 7.23. The van der Waals surface area contributed by atoms with Crippen LogP contribution in [0.5, 0.6) is 0 Å². The van der Waals surface area contributed by atoms with Crippen molar-refractivity contribution in [3.05, 3.63) is 71.8 Å². The number of hydrogen-bond acceptors (Lipinski definition) is 1. The van der Waals surface area contributed by atoms with Crippen molar-refractivity contribution in [1.29, 1.82) is 0 Å². The number of likely N-dealkylation sites (tertiary alicyclic amines) is 1. The van der Waals surface area contributed by atoms with Crippen LogP contribution >= 0.6 is 0 Å². The minimum atomic E-state index is 0.353. The third-order valence-electron chi connectivity index (χ3n) is 5.47.